The fraction of sp³-hybridized carbons (Fsp3) is 0.368. The highest BCUT2D eigenvalue weighted by atomic mass is 35.5. The summed E-state index contributed by atoms with van der Waals surface area (Å²) in [5.74, 6) is -0.305. The van der Waals surface area contributed by atoms with E-state index in [0.717, 1.165) is 41.8 Å². The Balaban J connectivity index is 1.75. The Hall–Kier alpha value is -1.63. The van der Waals surface area contributed by atoms with Crippen molar-refractivity contribution in [1.29, 1.82) is 0 Å². The quantitative estimate of drug-likeness (QED) is 0.426. The molecule has 0 aliphatic heterocycles. The standard InChI is InChI=1S/C19H21ClN2O2S2/c1-24-18(23)16-13-8-3-2-4-10-15(13)26-17(16)22-19(25)21-11-12-7-5-6-9-14(12)20/h5-7,9H,2-4,8,10-11H2,1H3,(H2,21,22,25). The summed E-state index contributed by atoms with van der Waals surface area (Å²) in [7, 11) is 1.42. The molecule has 0 amide bonds. The predicted molar refractivity (Wildman–Crippen MR) is 111 cm³/mol. The number of hydrogen-bond acceptors (Lipinski definition) is 4. The van der Waals surface area contributed by atoms with Gasteiger partial charge in [0.25, 0.3) is 0 Å². The number of ether oxygens (including phenoxy) is 1. The summed E-state index contributed by atoms with van der Waals surface area (Å²) in [5, 5.41) is 8.27. The van der Waals surface area contributed by atoms with Crippen LogP contribution < -0.4 is 10.6 Å². The van der Waals surface area contributed by atoms with Crippen LogP contribution in [0, 0.1) is 0 Å². The van der Waals surface area contributed by atoms with Crippen LogP contribution in [0.3, 0.4) is 0 Å². The first-order valence-electron chi connectivity index (χ1n) is 8.61. The third-order valence-corrected chi connectivity index (χ3v) is 6.26. The molecule has 3 rings (SSSR count). The minimum Gasteiger partial charge on any atom is -0.465 e. The Morgan fingerprint density at radius 3 is 2.81 bits per heavy atom. The molecule has 1 aliphatic carbocycles. The van der Waals surface area contributed by atoms with Crippen molar-refractivity contribution in [3.8, 4) is 0 Å². The fourth-order valence-electron chi connectivity index (χ4n) is 3.11. The van der Waals surface area contributed by atoms with E-state index in [1.54, 1.807) is 11.3 Å². The van der Waals surface area contributed by atoms with Gasteiger partial charge >= 0.3 is 5.97 Å². The Morgan fingerprint density at radius 1 is 1.27 bits per heavy atom. The molecule has 7 heteroatoms. The Labute approximate surface area is 167 Å². The Morgan fingerprint density at radius 2 is 2.04 bits per heavy atom. The van der Waals surface area contributed by atoms with Gasteiger partial charge < -0.3 is 15.4 Å². The number of hydrogen-bond donors (Lipinski definition) is 2. The molecule has 1 aromatic heterocycles. The first-order valence-corrected chi connectivity index (χ1v) is 10.2. The monoisotopic (exact) mass is 408 g/mol. The van der Waals surface area contributed by atoms with Crippen LogP contribution in [-0.2, 0) is 24.1 Å². The second kappa shape index (κ2) is 8.84. The smallest absolute Gasteiger partial charge is 0.341 e. The lowest BCUT2D eigenvalue weighted by Crippen LogP contribution is -2.28. The summed E-state index contributed by atoms with van der Waals surface area (Å²) in [4.78, 5) is 13.6. The van der Waals surface area contributed by atoms with Crippen molar-refractivity contribution in [3.63, 3.8) is 0 Å². The summed E-state index contributed by atoms with van der Waals surface area (Å²) in [5.41, 5.74) is 2.72. The minimum atomic E-state index is -0.305. The summed E-state index contributed by atoms with van der Waals surface area (Å²) >= 11 is 13.2. The molecule has 0 atom stereocenters. The number of fused-ring (bicyclic) bond motifs is 1. The van der Waals surface area contributed by atoms with Gasteiger partial charge in [0.1, 0.15) is 5.00 Å². The summed E-state index contributed by atoms with van der Waals surface area (Å²) < 4.78 is 5.02. The highest BCUT2D eigenvalue weighted by Gasteiger charge is 2.25. The van der Waals surface area contributed by atoms with E-state index in [0.29, 0.717) is 22.2 Å². The summed E-state index contributed by atoms with van der Waals surface area (Å²) in [6.07, 6.45) is 5.37. The van der Waals surface area contributed by atoms with Crippen molar-refractivity contribution < 1.29 is 9.53 Å². The van der Waals surface area contributed by atoms with E-state index < -0.39 is 0 Å². The average Bonchev–Trinajstić information content (AvgIpc) is 2.81. The second-order valence-corrected chi connectivity index (χ2v) is 8.08. The number of esters is 1. The van der Waals surface area contributed by atoms with Crippen LogP contribution in [0.1, 0.15) is 45.6 Å². The zero-order valence-corrected chi connectivity index (χ0v) is 17.0. The average molecular weight is 409 g/mol. The van der Waals surface area contributed by atoms with Gasteiger partial charge in [-0.1, -0.05) is 36.2 Å². The molecule has 1 heterocycles. The van der Waals surface area contributed by atoms with E-state index in [-0.39, 0.29) is 5.97 Å². The van der Waals surface area contributed by atoms with Crippen molar-refractivity contribution in [1.82, 2.24) is 5.32 Å². The highest BCUT2D eigenvalue weighted by Crippen LogP contribution is 2.37. The first kappa shape index (κ1) is 19.1. The molecule has 26 heavy (non-hydrogen) atoms. The summed E-state index contributed by atoms with van der Waals surface area (Å²) in [6, 6.07) is 7.63. The largest absolute Gasteiger partial charge is 0.465 e. The molecular formula is C19H21ClN2O2S2. The molecule has 0 saturated carbocycles. The second-order valence-electron chi connectivity index (χ2n) is 6.16. The van der Waals surface area contributed by atoms with Crippen LogP contribution in [-0.4, -0.2) is 18.2 Å². The van der Waals surface area contributed by atoms with Crippen LogP contribution in [0.2, 0.25) is 5.02 Å². The number of carbonyl (C=O) groups excluding carboxylic acids is 1. The molecule has 1 aromatic carbocycles. The number of thiocarbonyl (C=S) groups is 1. The molecule has 0 fully saturated rings. The van der Waals surface area contributed by atoms with Crippen LogP contribution in [0.4, 0.5) is 5.00 Å². The van der Waals surface area contributed by atoms with Gasteiger partial charge in [-0.05, 0) is 55.1 Å². The van der Waals surface area contributed by atoms with Crippen molar-refractivity contribution in [3.05, 3.63) is 50.9 Å². The van der Waals surface area contributed by atoms with Crippen LogP contribution in [0.15, 0.2) is 24.3 Å². The minimum absolute atomic E-state index is 0.305. The molecule has 0 spiro atoms. The van der Waals surface area contributed by atoms with Gasteiger partial charge in [0, 0.05) is 16.4 Å². The number of rotatable bonds is 4. The molecule has 0 unspecified atom stereocenters. The zero-order chi connectivity index (χ0) is 18.5. The summed E-state index contributed by atoms with van der Waals surface area (Å²) in [6.45, 7) is 0.518. The maximum absolute atomic E-state index is 12.3. The van der Waals surface area contributed by atoms with Gasteiger partial charge in [0.2, 0.25) is 0 Å². The molecule has 2 aromatic rings. The van der Waals surface area contributed by atoms with Crippen molar-refractivity contribution >= 4 is 51.2 Å². The number of halogens is 1. The molecule has 0 saturated heterocycles. The zero-order valence-electron chi connectivity index (χ0n) is 14.6. The van der Waals surface area contributed by atoms with Gasteiger partial charge in [0.15, 0.2) is 5.11 Å². The highest BCUT2D eigenvalue weighted by molar-refractivity contribution is 7.80. The van der Waals surface area contributed by atoms with Crippen LogP contribution in [0.25, 0.3) is 0 Å². The molecule has 2 N–H and O–H groups in total. The number of benzene rings is 1. The number of methoxy groups -OCH3 is 1. The first-order chi connectivity index (χ1) is 12.6. The number of anilines is 1. The molecule has 4 nitrogen and oxygen atoms in total. The molecular weight excluding hydrogens is 388 g/mol. The van der Waals surface area contributed by atoms with E-state index >= 15 is 0 Å². The molecule has 0 bridgehead atoms. The lowest BCUT2D eigenvalue weighted by Gasteiger charge is -2.12. The van der Waals surface area contributed by atoms with Gasteiger partial charge in [-0.2, -0.15) is 0 Å². The van der Waals surface area contributed by atoms with Gasteiger partial charge in [-0.25, -0.2) is 4.79 Å². The van der Waals surface area contributed by atoms with Crippen LogP contribution in [0.5, 0.6) is 0 Å². The van der Waals surface area contributed by atoms with Crippen molar-refractivity contribution in [2.24, 2.45) is 0 Å². The maximum atomic E-state index is 12.3. The fourth-order valence-corrected chi connectivity index (χ4v) is 4.84. The number of nitrogens with one attached hydrogen (secondary N) is 2. The van der Waals surface area contributed by atoms with E-state index in [1.165, 1.54) is 18.4 Å². The van der Waals surface area contributed by atoms with Gasteiger partial charge in [-0.15, -0.1) is 11.3 Å². The van der Waals surface area contributed by atoms with Crippen LogP contribution >= 0.6 is 35.2 Å². The normalized spacial score (nSPS) is 13.5. The molecule has 138 valence electrons. The van der Waals surface area contributed by atoms with E-state index in [4.69, 9.17) is 28.6 Å². The number of aryl methyl sites for hydroxylation is 1. The topological polar surface area (TPSA) is 50.4 Å². The van der Waals surface area contributed by atoms with Crippen molar-refractivity contribution in [2.75, 3.05) is 12.4 Å². The van der Waals surface area contributed by atoms with E-state index in [1.807, 2.05) is 24.3 Å². The number of carbonyl (C=O) groups is 1. The van der Waals surface area contributed by atoms with E-state index in [9.17, 15) is 4.79 Å². The molecule has 1 aliphatic rings. The number of thiophene rings is 1. The van der Waals surface area contributed by atoms with Gasteiger partial charge in [0.05, 0.1) is 12.7 Å². The predicted octanol–water partition coefficient (Wildman–Crippen LogP) is 4.94. The third kappa shape index (κ3) is 4.37. The Bertz CT molecular complexity index is 820. The SMILES string of the molecule is COC(=O)c1c(NC(=S)NCc2ccccc2Cl)sc2c1CCCCC2. The lowest BCUT2D eigenvalue weighted by molar-refractivity contribution is 0.0601. The van der Waals surface area contributed by atoms with E-state index in [2.05, 4.69) is 10.6 Å². The lowest BCUT2D eigenvalue weighted by atomic mass is 10.1. The Kier molecular flexibility index (Phi) is 6.51. The van der Waals surface area contributed by atoms with Gasteiger partial charge in [-0.3, -0.25) is 0 Å². The molecule has 0 radical (unpaired) electrons. The third-order valence-electron chi connectivity index (χ3n) is 4.44. The van der Waals surface area contributed by atoms with Crippen molar-refractivity contribution in [2.45, 2.75) is 38.6 Å². The maximum Gasteiger partial charge on any atom is 0.341 e.